The van der Waals surface area contributed by atoms with Gasteiger partial charge in [0.15, 0.2) is 11.9 Å². The van der Waals surface area contributed by atoms with Crippen molar-refractivity contribution in [2.24, 2.45) is 4.99 Å². The lowest BCUT2D eigenvalue weighted by molar-refractivity contribution is -0.238. The van der Waals surface area contributed by atoms with E-state index in [1.165, 1.54) is 21.1 Å². The molecular weight excluding hydrogens is 454 g/mol. The number of hydrogen-bond donors (Lipinski definition) is 4. The Morgan fingerprint density at radius 2 is 1.97 bits per heavy atom. The van der Waals surface area contributed by atoms with E-state index in [9.17, 15) is 15.2 Å². The number of ether oxygens (including phenoxy) is 3. The summed E-state index contributed by atoms with van der Waals surface area (Å²) < 4.78 is 17.0. The molecule has 0 bridgehead atoms. The largest absolute Gasteiger partial charge is 0.479 e. The molecule has 1 aliphatic heterocycles. The average Bonchev–Trinajstić information content (AvgIpc) is 2.85. The summed E-state index contributed by atoms with van der Waals surface area (Å²) in [7, 11) is 2.90. The monoisotopic (exact) mass is 483 g/mol. The standard InChI is InChI=1S/C24H29N5O6/c1-15(30)35-29-17-10-11-19-18(12-17)20(21(31)24(2,34-19)22(32-3)33-4)28-23(27-14-25)26-13-16-8-6-5-7-9-16/h5-12,20-22,29,31H,13H2,1-4H3,(H2,26,27,28)/t20-,21+,24+/m1/s1. The zero-order valence-electron chi connectivity index (χ0n) is 19.9. The summed E-state index contributed by atoms with van der Waals surface area (Å²) in [5.41, 5.74) is 3.20. The van der Waals surface area contributed by atoms with E-state index in [4.69, 9.17) is 19.0 Å². The van der Waals surface area contributed by atoms with Gasteiger partial charge in [-0.2, -0.15) is 5.26 Å². The van der Waals surface area contributed by atoms with Crippen LogP contribution >= 0.6 is 0 Å². The van der Waals surface area contributed by atoms with Gasteiger partial charge in [-0.1, -0.05) is 30.3 Å². The number of guanidine groups is 1. The second-order valence-electron chi connectivity index (χ2n) is 8.00. The number of benzene rings is 2. The summed E-state index contributed by atoms with van der Waals surface area (Å²) in [6.07, 6.45) is -0.358. The molecule has 2 aromatic carbocycles. The Hall–Kier alpha value is -3.85. The van der Waals surface area contributed by atoms with Crippen molar-refractivity contribution >= 4 is 17.6 Å². The maximum atomic E-state index is 11.5. The molecule has 1 heterocycles. The summed E-state index contributed by atoms with van der Waals surface area (Å²) in [6.45, 7) is 3.33. The highest BCUT2D eigenvalue weighted by Crippen LogP contribution is 2.43. The molecule has 3 rings (SSSR count). The van der Waals surface area contributed by atoms with E-state index in [1.54, 1.807) is 31.3 Å². The number of nitrogens with one attached hydrogen (secondary N) is 3. The first-order chi connectivity index (χ1) is 16.8. The van der Waals surface area contributed by atoms with E-state index < -0.39 is 30.0 Å². The summed E-state index contributed by atoms with van der Waals surface area (Å²) in [6, 6.07) is 13.8. The van der Waals surface area contributed by atoms with E-state index in [1.807, 2.05) is 30.3 Å². The van der Waals surface area contributed by atoms with Crippen molar-refractivity contribution in [2.45, 2.75) is 44.4 Å². The topological polar surface area (TPSA) is 146 Å². The number of nitriles is 1. The predicted octanol–water partition coefficient (Wildman–Crippen LogP) is 1.97. The molecule has 1 aliphatic rings. The van der Waals surface area contributed by atoms with Crippen molar-refractivity contribution in [1.29, 1.82) is 5.26 Å². The third kappa shape index (κ3) is 5.99. The van der Waals surface area contributed by atoms with Gasteiger partial charge in [-0.15, -0.1) is 4.99 Å². The van der Waals surface area contributed by atoms with Gasteiger partial charge in [0.2, 0.25) is 12.2 Å². The Kier molecular flexibility index (Phi) is 8.48. The first kappa shape index (κ1) is 25.8. The molecule has 0 saturated heterocycles. The predicted molar refractivity (Wildman–Crippen MR) is 127 cm³/mol. The molecule has 0 amide bonds. The molecule has 2 aromatic rings. The molecule has 0 radical (unpaired) electrons. The van der Waals surface area contributed by atoms with E-state index in [0.717, 1.165) is 5.56 Å². The molecule has 35 heavy (non-hydrogen) atoms. The van der Waals surface area contributed by atoms with Crippen LogP contribution in [-0.2, 0) is 25.7 Å². The van der Waals surface area contributed by atoms with Gasteiger partial charge >= 0.3 is 5.97 Å². The van der Waals surface area contributed by atoms with Gasteiger partial charge in [0, 0.05) is 33.3 Å². The Morgan fingerprint density at radius 3 is 2.60 bits per heavy atom. The van der Waals surface area contributed by atoms with Gasteiger partial charge in [0.05, 0.1) is 11.7 Å². The van der Waals surface area contributed by atoms with Crippen LogP contribution in [0.5, 0.6) is 5.75 Å². The number of aliphatic hydroxyl groups excluding tert-OH is 1. The fourth-order valence-corrected chi connectivity index (χ4v) is 3.89. The van der Waals surface area contributed by atoms with Crippen LogP contribution in [0.4, 0.5) is 5.69 Å². The van der Waals surface area contributed by atoms with E-state index >= 15 is 0 Å². The van der Waals surface area contributed by atoms with Crippen molar-refractivity contribution in [3.05, 3.63) is 59.7 Å². The lowest BCUT2D eigenvalue weighted by Crippen LogP contribution is -2.62. The zero-order valence-corrected chi connectivity index (χ0v) is 19.9. The molecule has 0 fully saturated rings. The van der Waals surface area contributed by atoms with Crippen LogP contribution in [-0.4, -0.2) is 49.3 Å². The van der Waals surface area contributed by atoms with Crippen LogP contribution in [0.15, 0.2) is 53.5 Å². The maximum Gasteiger partial charge on any atom is 0.329 e. The van der Waals surface area contributed by atoms with Crippen LogP contribution in [0.25, 0.3) is 0 Å². The molecule has 11 nitrogen and oxygen atoms in total. The van der Waals surface area contributed by atoms with E-state index in [-0.39, 0.29) is 5.96 Å². The maximum absolute atomic E-state index is 11.5. The number of rotatable bonds is 8. The van der Waals surface area contributed by atoms with Crippen LogP contribution in [0, 0.1) is 11.5 Å². The van der Waals surface area contributed by atoms with Gasteiger partial charge in [0.25, 0.3) is 0 Å². The highest BCUT2D eigenvalue weighted by atomic mass is 16.7. The average molecular weight is 484 g/mol. The molecule has 186 valence electrons. The molecule has 3 atom stereocenters. The van der Waals surface area contributed by atoms with Gasteiger partial charge < -0.3 is 34.8 Å². The van der Waals surface area contributed by atoms with Crippen LogP contribution in [0.2, 0.25) is 0 Å². The number of carbonyl (C=O) groups is 1. The minimum atomic E-state index is -1.32. The third-order valence-corrected chi connectivity index (χ3v) is 5.54. The van der Waals surface area contributed by atoms with Gasteiger partial charge in [0.1, 0.15) is 11.9 Å². The van der Waals surface area contributed by atoms with Gasteiger partial charge in [-0.3, -0.25) is 4.79 Å². The number of carbonyl (C=O) groups excluding carboxylic acids is 1. The van der Waals surface area contributed by atoms with Crippen molar-refractivity contribution in [3.63, 3.8) is 0 Å². The van der Waals surface area contributed by atoms with E-state index in [2.05, 4.69) is 21.1 Å². The summed E-state index contributed by atoms with van der Waals surface area (Å²) in [5, 5.41) is 26.9. The van der Waals surface area contributed by atoms with Crippen LogP contribution < -0.4 is 20.9 Å². The Morgan fingerprint density at radius 1 is 1.26 bits per heavy atom. The number of methoxy groups -OCH3 is 2. The first-order valence-corrected chi connectivity index (χ1v) is 10.8. The highest BCUT2D eigenvalue weighted by Gasteiger charge is 2.52. The molecule has 0 spiro atoms. The summed E-state index contributed by atoms with van der Waals surface area (Å²) >= 11 is 0. The van der Waals surface area contributed by atoms with Crippen molar-refractivity contribution in [1.82, 2.24) is 10.6 Å². The Balaban J connectivity index is 1.96. The van der Waals surface area contributed by atoms with Crippen molar-refractivity contribution < 1.29 is 28.9 Å². The van der Waals surface area contributed by atoms with Crippen molar-refractivity contribution in [3.8, 4) is 11.9 Å². The smallest absolute Gasteiger partial charge is 0.329 e. The normalized spacial score (nSPS) is 21.3. The second-order valence-corrected chi connectivity index (χ2v) is 8.00. The Labute approximate surface area is 203 Å². The number of aliphatic hydroxyl groups is 1. The van der Waals surface area contributed by atoms with Gasteiger partial charge in [-0.25, -0.2) is 5.48 Å². The Bertz CT molecular complexity index is 1090. The van der Waals surface area contributed by atoms with Crippen LogP contribution in [0.3, 0.4) is 0 Å². The van der Waals surface area contributed by atoms with Gasteiger partial charge in [-0.05, 0) is 30.7 Å². The molecule has 0 unspecified atom stereocenters. The third-order valence-electron chi connectivity index (χ3n) is 5.54. The number of hydrogen-bond acceptors (Lipinski definition) is 9. The minimum Gasteiger partial charge on any atom is -0.479 e. The SMILES string of the molecule is COC(OC)[C@@]1(C)Oc2ccc(NOC(C)=O)cc2[C@@H](NC(=NC#N)NCc2ccccc2)[C@@H]1O. The number of nitrogens with zero attached hydrogens (tertiary/aromatic N) is 2. The summed E-state index contributed by atoms with van der Waals surface area (Å²) in [4.78, 5) is 19.9. The summed E-state index contributed by atoms with van der Waals surface area (Å²) in [5.74, 6) is 0.0697. The fraction of sp³-hybridized carbons (Fsp3) is 0.375. The molecule has 4 N–H and O–H groups in total. The first-order valence-electron chi connectivity index (χ1n) is 10.8. The lowest BCUT2D eigenvalue weighted by atomic mass is 9.84. The molecule has 0 aromatic heterocycles. The quantitative estimate of drug-likeness (QED) is 0.144. The van der Waals surface area contributed by atoms with E-state index in [0.29, 0.717) is 23.5 Å². The second kappa shape index (κ2) is 11.5. The molecule has 0 aliphatic carbocycles. The minimum absolute atomic E-state index is 0.153. The number of aliphatic imine (C=N–C) groups is 1. The fourth-order valence-electron chi connectivity index (χ4n) is 3.89. The number of fused-ring (bicyclic) bond motifs is 1. The lowest BCUT2D eigenvalue weighted by Gasteiger charge is -2.47. The molecular formula is C24H29N5O6. The zero-order chi connectivity index (χ0) is 25.4. The highest BCUT2D eigenvalue weighted by molar-refractivity contribution is 5.81. The molecule has 11 heteroatoms. The van der Waals surface area contributed by atoms with Crippen LogP contribution in [0.1, 0.15) is 31.0 Å². The number of anilines is 1. The van der Waals surface area contributed by atoms with Crippen molar-refractivity contribution in [2.75, 3.05) is 19.7 Å². The molecule has 0 saturated carbocycles.